The molecule has 0 aromatic heterocycles. The van der Waals surface area contributed by atoms with Crippen molar-refractivity contribution in [3.63, 3.8) is 0 Å². The Morgan fingerprint density at radius 1 is 1.13 bits per heavy atom. The Bertz CT molecular complexity index is 803. The Morgan fingerprint density at radius 3 is 2.43 bits per heavy atom. The van der Waals surface area contributed by atoms with Gasteiger partial charge in [-0.1, -0.05) is 0 Å². The molecule has 7 nitrogen and oxygen atoms in total. The van der Waals surface area contributed by atoms with Crippen LogP contribution in [0.15, 0.2) is 29.7 Å². The summed E-state index contributed by atoms with van der Waals surface area (Å²) in [5, 5.41) is 20.4. The number of aliphatic hydroxyl groups excluding tert-OH is 1. The van der Waals surface area contributed by atoms with Crippen molar-refractivity contribution in [2.45, 2.75) is 12.5 Å². The molecule has 23 heavy (non-hydrogen) atoms. The maximum Gasteiger partial charge on any atom is 0.343 e. The summed E-state index contributed by atoms with van der Waals surface area (Å²) in [5.41, 5.74) is -1.27. The molecule has 1 aliphatic heterocycles. The van der Waals surface area contributed by atoms with Gasteiger partial charge in [0.15, 0.2) is 17.1 Å². The molecular weight excluding hydrogens is 304 g/mol. The number of hydrogen-bond donors (Lipinski definition) is 2. The number of phenolic OH excluding ortho intramolecular Hbond substituents is 1. The molecule has 0 radical (unpaired) electrons. The van der Waals surface area contributed by atoms with Crippen LogP contribution in [0.4, 0.5) is 0 Å². The smallest absolute Gasteiger partial charge is 0.343 e. The lowest BCUT2D eigenvalue weighted by atomic mass is 9.79. The monoisotopic (exact) mass is 318 g/mol. The maximum absolute atomic E-state index is 12.3. The Kier molecular flexibility index (Phi) is 3.10. The van der Waals surface area contributed by atoms with Crippen LogP contribution in [-0.4, -0.2) is 41.8 Å². The molecule has 0 amide bonds. The van der Waals surface area contributed by atoms with E-state index in [2.05, 4.69) is 0 Å². The number of aliphatic hydroxyl groups is 1. The minimum absolute atomic E-state index is 0.0760. The zero-order chi connectivity index (χ0) is 16.9. The summed E-state index contributed by atoms with van der Waals surface area (Å²) in [6.07, 6.45) is 1.32. The second-order valence-corrected chi connectivity index (χ2v) is 5.33. The van der Waals surface area contributed by atoms with Crippen molar-refractivity contribution in [1.82, 2.24) is 0 Å². The molecule has 2 aliphatic rings. The van der Waals surface area contributed by atoms with Gasteiger partial charge >= 0.3 is 5.97 Å². The highest BCUT2D eigenvalue weighted by Gasteiger charge is 2.48. The van der Waals surface area contributed by atoms with Crippen LogP contribution in [0.2, 0.25) is 0 Å². The number of benzene rings is 1. The number of phenols is 1. The van der Waals surface area contributed by atoms with E-state index in [9.17, 15) is 19.8 Å². The fourth-order valence-corrected chi connectivity index (χ4v) is 2.85. The molecule has 0 bridgehead atoms. The molecule has 0 spiro atoms. The topological polar surface area (TPSA) is 102 Å². The Morgan fingerprint density at radius 2 is 1.83 bits per heavy atom. The molecule has 7 heteroatoms. The van der Waals surface area contributed by atoms with Crippen LogP contribution in [0.25, 0.3) is 5.57 Å². The quantitative estimate of drug-likeness (QED) is 0.800. The van der Waals surface area contributed by atoms with Crippen molar-refractivity contribution in [1.29, 1.82) is 0 Å². The molecule has 1 aliphatic carbocycles. The lowest BCUT2D eigenvalue weighted by molar-refractivity contribution is -0.118. The van der Waals surface area contributed by atoms with Crippen molar-refractivity contribution >= 4 is 17.3 Å². The van der Waals surface area contributed by atoms with Gasteiger partial charge in [-0.3, -0.25) is 4.79 Å². The van der Waals surface area contributed by atoms with Gasteiger partial charge in [-0.05, 0) is 13.0 Å². The van der Waals surface area contributed by atoms with E-state index in [-0.39, 0.29) is 34.0 Å². The average molecular weight is 318 g/mol. The van der Waals surface area contributed by atoms with Crippen LogP contribution in [0.5, 0.6) is 11.5 Å². The molecular formula is C16H14O7. The van der Waals surface area contributed by atoms with Gasteiger partial charge in [0.2, 0.25) is 0 Å². The number of carbonyl (C=O) groups excluding carboxylic acids is 2. The van der Waals surface area contributed by atoms with Crippen LogP contribution in [0, 0.1) is 0 Å². The Hall–Kier alpha value is -2.96. The lowest BCUT2D eigenvalue weighted by Crippen LogP contribution is -2.41. The van der Waals surface area contributed by atoms with Crippen molar-refractivity contribution in [3.8, 4) is 11.5 Å². The molecule has 3 rings (SSSR count). The largest absolute Gasteiger partial charge is 0.507 e. The van der Waals surface area contributed by atoms with Crippen LogP contribution in [-0.2, 0) is 14.3 Å². The number of carbonyl (C=O) groups is 2. The molecule has 2 N–H and O–H groups in total. The zero-order valence-corrected chi connectivity index (χ0v) is 12.7. The van der Waals surface area contributed by atoms with Crippen LogP contribution >= 0.6 is 0 Å². The zero-order valence-electron chi connectivity index (χ0n) is 12.7. The number of ketones is 1. The second-order valence-electron chi connectivity index (χ2n) is 5.33. The summed E-state index contributed by atoms with van der Waals surface area (Å²) >= 11 is 0. The van der Waals surface area contributed by atoms with E-state index >= 15 is 0 Å². The molecule has 1 aromatic carbocycles. The van der Waals surface area contributed by atoms with E-state index in [0.717, 1.165) is 0 Å². The van der Waals surface area contributed by atoms with E-state index in [1.165, 1.54) is 39.4 Å². The summed E-state index contributed by atoms with van der Waals surface area (Å²) in [4.78, 5) is 24.4. The van der Waals surface area contributed by atoms with Gasteiger partial charge in [0.05, 0.1) is 19.8 Å². The van der Waals surface area contributed by atoms with Gasteiger partial charge in [-0.2, -0.15) is 0 Å². The molecule has 1 atom stereocenters. The number of hydrogen-bond acceptors (Lipinski definition) is 7. The number of aromatic hydroxyl groups is 1. The summed E-state index contributed by atoms with van der Waals surface area (Å²) in [6, 6.07) is 2.71. The molecule has 0 fully saturated rings. The SMILES string of the molecule is COC1=C[C@@]2(C)OC(=O)c3c(O)cc(OC)cc3C2=C(O)C1=O. The number of fused-ring (bicyclic) bond motifs is 3. The van der Waals surface area contributed by atoms with Crippen molar-refractivity contribution in [2.24, 2.45) is 0 Å². The van der Waals surface area contributed by atoms with E-state index in [4.69, 9.17) is 14.2 Å². The van der Waals surface area contributed by atoms with E-state index < -0.39 is 23.1 Å². The van der Waals surface area contributed by atoms with E-state index in [1.807, 2.05) is 0 Å². The van der Waals surface area contributed by atoms with Crippen LogP contribution < -0.4 is 4.74 Å². The van der Waals surface area contributed by atoms with Crippen LogP contribution in [0.1, 0.15) is 22.8 Å². The normalized spacial score (nSPS) is 22.8. The first-order valence-corrected chi connectivity index (χ1v) is 6.72. The first kappa shape index (κ1) is 15.0. The van der Waals surface area contributed by atoms with Crippen molar-refractivity contribution in [3.05, 3.63) is 40.9 Å². The number of Topliss-reactive ketones (excluding diaryl/α,β-unsaturated/α-hetero) is 1. The molecule has 120 valence electrons. The fourth-order valence-electron chi connectivity index (χ4n) is 2.85. The first-order chi connectivity index (χ1) is 10.8. The third kappa shape index (κ3) is 1.97. The molecule has 1 heterocycles. The molecule has 0 unspecified atom stereocenters. The first-order valence-electron chi connectivity index (χ1n) is 6.72. The Labute approximate surface area is 131 Å². The van der Waals surface area contributed by atoms with Gasteiger partial charge < -0.3 is 24.4 Å². The van der Waals surface area contributed by atoms with Gasteiger partial charge in [-0.25, -0.2) is 4.79 Å². The van der Waals surface area contributed by atoms with Crippen LogP contribution in [0.3, 0.4) is 0 Å². The summed E-state index contributed by atoms with van der Waals surface area (Å²) < 4.78 is 15.3. The summed E-state index contributed by atoms with van der Waals surface area (Å²) in [6.45, 7) is 1.52. The standard InChI is InChI=1S/C16H14O7/c1-16-6-10(22-3)13(18)14(19)12(16)8-4-7(21-2)5-9(17)11(8)15(20)23-16/h4-6,17,19H,1-3H3/t16-/m1/s1. The van der Waals surface area contributed by atoms with Gasteiger partial charge in [0, 0.05) is 17.7 Å². The highest BCUT2D eigenvalue weighted by molar-refractivity contribution is 6.16. The lowest BCUT2D eigenvalue weighted by Gasteiger charge is -2.37. The van der Waals surface area contributed by atoms with Gasteiger partial charge in [0.25, 0.3) is 5.78 Å². The minimum atomic E-state index is -1.40. The van der Waals surface area contributed by atoms with Gasteiger partial charge in [0.1, 0.15) is 17.1 Å². The summed E-state index contributed by atoms with van der Waals surface area (Å²) in [5.74, 6) is -2.33. The molecule has 0 saturated carbocycles. The van der Waals surface area contributed by atoms with Gasteiger partial charge in [-0.15, -0.1) is 0 Å². The third-order valence-corrected chi connectivity index (χ3v) is 3.90. The average Bonchev–Trinajstić information content (AvgIpc) is 2.49. The molecule has 1 aromatic rings. The van der Waals surface area contributed by atoms with Crippen molar-refractivity contribution in [2.75, 3.05) is 14.2 Å². The summed E-state index contributed by atoms with van der Waals surface area (Å²) in [7, 11) is 2.67. The second kappa shape index (κ2) is 4.77. The molecule has 0 saturated heterocycles. The minimum Gasteiger partial charge on any atom is -0.507 e. The predicted molar refractivity (Wildman–Crippen MR) is 78.1 cm³/mol. The highest BCUT2D eigenvalue weighted by Crippen LogP contribution is 2.47. The number of rotatable bonds is 2. The Balaban J connectivity index is 2.35. The highest BCUT2D eigenvalue weighted by atomic mass is 16.6. The predicted octanol–water partition coefficient (Wildman–Crippen LogP) is 1.71. The number of methoxy groups -OCH3 is 2. The number of ether oxygens (including phenoxy) is 3. The fraction of sp³-hybridized carbons (Fsp3) is 0.250. The van der Waals surface area contributed by atoms with E-state index in [0.29, 0.717) is 0 Å². The third-order valence-electron chi connectivity index (χ3n) is 3.90. The van der Waals surface area contributed by atoms with E-state index in [1.54, 1.807) is 0 Å². The number of esters is 1. The maximum atomic E-state index is 12.3. The van der Waals surface area contributed by atoms with Crippen molar-refractivity contribution < 1.29 is 34.0 Å².